The standard InChI is InChI=1S/C16H21N3/c1-19-10-9-18-16(19)7-8-17-12-13-5-6-14-3-2-4-15(14)11-13/h5-6,9-11,17H,2-4,7-8,12H2,1H3. The Hall–Kier alpha value is -1.61. The molecule has 3 rings (SSSR count). The molecule has 0 bridgehead atoms. The van der Waals surface area contributed by atoms with Crippen LogP contribution in [0.4, 0.5) is 0 Å². The van der Waals surface area contributed by atoms with Gasteiger partial charge in [0, 0.05) is 39.0 Å². The zero-order chi connectivity index (χ0) is 13.1. The summed E-state index contributed by atoms with van der Waals surface area (Å²) in [6.07, 6.45) is 8.68. The van der Waals surface area contributed by atoms with E-state index in [0.717, 1.165) is 25.3 Å². The van der Waals surface area contributed by atoms with Crippen molar-refractivity contribution in [3.63, 3.8) is 0 Å². The Bertz CT molecular complexity index is 557. The van der Waals surface area contributed by atoms with Gasteiger partial charge in [-0.3, -0.25) is 0 Å². The van der Waals surface area contributed by atoms with Crippen LogP contribution in [0, 0.1) is 0 Å². The van der Waals surface area contributed by atoms with Gasteiger partial charge in [-0.25, -0.2) is 4.98 Å². The predicted octanol–water partition coefficient (Wildman–Crippen LogP) is 2.24. The van der Waals surface area contributed by atoms with Crippen molar-refractivity contribution in [1.82, 2.24) is 14.9 Å². The highest BCUT2D eigenvalue weighted by Gasteiger charge is 2.10. The molecule has 0 atom stereocenters. The first-order valence-electron chi connectivity index (χ1n) is 7.10. The molecule has 0 fully saturated rings. The molecule has 0 amide bonds. The molecule has 0 saturated carbocycles. The second-order valence-corrected chi connectivity index (χ2v) is 5.34. The SMILES string of the molecule is Cn1ccnc1CCNCc1ccc2c(c1)CCC2. The van der Waals surface area contributed by atoms with E-state index in [1.807, 2.05) is 19.4 Å². The van der Waals surface area contributed by atoms with Crippen LogP contribution in [0.1, 0.15) is 28.9 Å². The average Bonchev–Trinajstić information content (AvgIpc) is 3.03. The Morgan fingerprint density at radius 1 is 1.26 bits per heavy atom. The van der Waals surface area contributed by atoms with E-state index in [0.29, 0.717) is 0 Å². The van der Waals surface area contributed by atoms with Gasteiger partial charge in [-0.2, -0.15) is 0 Å². The normalized spacial score (nSPS) is 13.7. The zero-order valence-corrected chi connectivity index (χ0v) is 11.5. The van der Waals surface area contributed by atoms with Crippen molar-refractivity contribution >= 4 is 0 Å². The van der Waals surface area contributed by atoms with Crippen LogP contribution in [-0.4, -0.2) is 16.1 Å². The molecule has 3 nitrogen and oxygen atoms in total. The van der Waals surface area contributed by atoms with E-state index in [1.165, 1.54) is 24.8 Å². The fraction of sp³-hybridized carbons (Fsp3) is 0.438. The van der Waals surface area contributed by atoms with Crippen molar-refractivity contribution in [3.05, 3.63) is 53.1 Å². The number of aromatic nitrogens is 2. The van der Waals surface area contributed by atoms with Gasteiger partial charge in [0.25, 0.3) is 0 Å². The van der Waals surface area contributed by atoms with E-state index < -0.39 is 0 Å². The molecule has 1 aromatic carbocycles. The topological polar surface area (TPSA) is 29.9 Å². The third-order valence-electron chi connectivity index (χ3n) is 3.94. The summed E-state index contributed by atoms with van der Waals surface area (Å²) in [6.45, 7) is 1.93. The summed E-state index contributed by atoms with van der Waals surface area (Å²) in [4.78, 5) is 4.33. The lowest BCUT2D eigenvalue weighted by Crippen LogP contribution is -2.18. The molecule has 0 spiro atoms. The molecule has 0 aliphatic heterocycles. The summed E-state index contributed by atoms with van der Waals surface area (Å²) in [5, 5.41) is 3.51. The minimum absolute atomic E-state index is 0.956. The van der Waals surface area contributed by atoms with E-state index in [-0.39, 0.29) is 0 Å². The summed E-state index contributed by atoms with van der Waals surface area (Å²) in [5.74, 6) is 1.14. The van der Waals surface area contributed by atoms with Crippen LogP contribution in [0.5, 0.6) is 0 Å². The van der Waals surface area contributed by atoms with E-state index in [2.05, 4.69) is 33.1 Å². The van der Waals surface area contributed by atoms with Crippen molar-refractivity contribution in [1.29, 1.82) is 0 Å². The highest BCUT2D eigenvalue weighted by molar-refractivity contribution is 5.35. The molecule has 1 aliphatic rings. The maximum Gasteiger partial charge on any atom is 0.109 e. The third-order valence-corrected chi connectivity index (χ3v) is 3.94. The van der Waals surface area contributed by atoms with Crippen molar-refractivity contribution in [2.75, 3.05) is 6.54 Å². The molecule has 0 radical (unpaired) electrons. The van der Waals surface area contributed by atoms with Gasteiger partial charge in [-0.05, 0) is 36.0 Å². The number of rotatable bonds is 5. The lowest BCUT2D eigenvalue weighted by atomic mass is 10.1. The summed E-state index contributed by atoms with van der Waals surface area (Å²) < 4.78 is 2.08. The Kier molecular flexibility index (Phi) is 3.65. The molecule has 19 heavy (non-hydrogen) atoms. The fourth-order valence-electron chi connectivity index (χ4n) is 2.81. The molecule has 1 heterocycles. The highest BCUT2D eigenvalue weighted by Crippen LogP contribution is 2.22. The smallest absolute Gasteiger partial charge is 0.109 e. The summed E-state index contributed by atoms with van der Waals surface area (Å²) in [7, 11) is 2.04. The summed E-state index contributed by atoms with van der Waals surface area (Å²) >= 11 is 0. The zero-order valence-electron chi connectivity index (χ0n) is 11.5. The number of nitrogens with zero attached hydrogens (tertiary/aromatic N) is 2. The van der Waals surface area contributed by atoms with Crippen LogP contribution < -0.4 is 5.32 Å². The van der Waals surface area contributed by atoms with Crippen molar-refractivity contribution < 1.29 is 0 Å². The number of aryl methyl sites for hydroxylation is 3. The first-order valence-corrected chi connectivity index (χ1v) is 7.10. The van der Waals surface area contributed by atoms with Gasteiger partial charge in [-0.1, -0.05) is 18.2 Å². The van der Waals surface area contributed by atoms with Gasteiger partial charge in [0.05, 0.1) is 0 Å². The maximum absolute atomic E-state index is 4.33. The second kappa shape index (κ2) is 5.57. The van der Waals surface area contributed by atoms with Crippen LogP contribution in [0.3, 0.4) is 0 Å². The van der Waals surface area contributed by atoms with Gasteiger partial charge < -0.3 is 9.88 Å². The van der Waals surface area contributed by atoms with Gasteiger partial charge in [0.1, 0.15) is 5.82 Å². The van der Waals surface area contributed by atoms with Crippen molar-refractivity contribution in [2.24, 2.45) is 7.05 Å². The molecule has 1 aromatic heterocycles. The lowest BCUT2D eigenvalue weighted by molar-refractivity contribution is 0.654. The Labute approximate surface area is 114 Å². The molecule has 1 N–H and O–H groups in total. The molecule has 1 aliphatic carbocycles. The number of fused-ring (bicyclic) bond motifs is 1. The van der Waals surface area contributed by atoms with Gasteiger partial charge in [-0.15, -0.1) is 0 Å². The van der Waals surface area contributed by atoms with Crippen molar-refractivity contribution in [2.45, 2.75) is 32.2 Å². The molecule has 0 unspecified atom stereocenters. The quantitative estimate of drug-likeness (QED) is 0.830. The summed E-state index contributed by atoms with van der Waals surface area (Å²) in [5.41, 5.74) is 4.51. The highest BCUT2D eigenvalue weighted by atomic mass is 15.0. The van der Waals surface area contributed by atoms with Crippen LogP contribution in [0.2, 0.25) is 0 Å². The van der Waals surface area contributed by atoms with Crippen LogP contribution in [-0.2, 0) is 32.9 Å². The number of benzene rings is 1. The maximum atomic E-state index is 4.33. The molecule has 0 saturated heterocycles. The Balaban J connectivity index is 1.49. The predicted molar refractivity (Wildman–Crippen MR) is 77.1 cm³/mol. The first-order chi connectivity index (χ1) is 9.33. The monoisotopic (exact) mass is 255 g/mol. The van der Waals surface area contributed by atoms with E-state index in [9.17, 15) is 0 Å². The average molecular weight is 255 g/mol. The van der Waals surface area contributed by atoms with Gasteiger partial charge in [0.2, 0.25) is 0 Å². The molecular weight excluding hydrogens is 234 g/mol. The lowest BCUT2D eigenvalue weighted by Gasteiger charge is -2.07. The first kappa shape index (κ1) is 12.4. The Morgan fingerprint density at radius 2 is 2.16 bits per heavy atom. The molecule has 3 heteroatoms. The van der Waals surface area contributed by atoms with Gasteiger partial charge >= 0.3 is 0 Å². The molecule has 100 valence electrons. The van der Waals surface area contributed by atoms with E-state index >= 15 is 0 Å². The number of imidazole rings is 1. The van der Waals surface area contributed by atoms with Crippen molar-refractivity contribution in [3.8, 4) is 0 Å². The number of hydrogen-bond donors (Lipinski definition) is 1. The van der Waals surface area contributed by atoms with Crippen LogP contribution >= 0.6 is 0 Å². The third kappa shape index (κ3) is 2.87. The van der Waals surface area contributed by atoms with Crippen LogP contribution in [0.15, 0.2) is 30.6 Å². The van der Waals surface area contributed by atoms with Crippen LogP contribution in [0.25, 0.3) is 0 Å². The molecular formula is C16H21N3. The second-order valence-electron chi connectivity index (χ2n) is 5.34. The number of hydrogen-bond acceptors (Lipinski definition) is 2. The summed E-state index contributed by atoms with van der Waals surface area (Å²) in [6, 6.07) is 6.94. The minimum Gasteiger partial charge on any atom is -0.338 e. The largest absolute Gasteiger partial charge is 0.338 e. The number of nitrogens with one attached hydrogen (secondary N) is 1. The minimum atomic E-state index is 0.956. The van der Waals surface area contributed by atoms with E-state index in [1.54, 1.807) is 11.1 Å². The molecule has 2 aromatic rings. The fourth-order valence-corrected chi connectivity index (χ4v) is 2.81. The van der Waals surface area contributed by atoms with Gasteiger partial charge in [0.15, 0.2) is 0 Å². The van der Waals surface area contributed by atoms with E-state index in [4.69, 9.17) is 0 Å². The Morgan fingerprint density at radius 3 is 3.00 bits per heavy atom.